The summed E-state index contributed by atoms with van der Waals surface area (Å²) in [5.74, 6) is 1.47. The second-order valence-corrected chi connectivity index (χ2v) is 5.17. The molecule has 0 radical (unpaired) electrons. The monoisotopic (exact) mass is 279 g/mol. The van der Waals surface area contributed by atoms with E-state index < -0.39 is 0 Å². The van der Waals surface area contributed by atoms with E-state index in [4.69, 9.17) is 22.1 Å². The molecule has 5 heteroatoms. The van der Waals surface area contributed by atoms with Gasteiger partial charge in [0.15, 0.2) is 0 Å². The van der Waals surface area contributed by atoms with Crippen molar-refractivity contribution < 1.29 is 4.74 Å². The van der Waals surface area contributed by atoms with Crippen molar-refractivity contribution in [3.63, 3.8) is 0 Å². The first-order valence-corrected chi connectivity index (χ1v) is 6.56. The van der Waals surface area contributed by atoms with Gasteiger partial charge in [0.1, 0.15) is 5.75 Å². The van der Waals surface area contributed by atoms with Crippen molar-refractivity contribution in [3.05, 3.63) is 40.5 Å². The molecule has 0 amide bonds. The van der Waals surface area contributed by atoms with Gasteiger partial charge in [0.2, 0.25) is 5.88 Å². The summed E-state index contributed by atoms with van der Waals surface area (Å²) < 4.78 is 7.64. The minimum atomic E-state index is 0.0652. The molecular formula is C14H18ClN3O. The quantitative estimate of drug-likeness (QED) is 0.936. The smallest absolute Gasteiger partial charge is 0.221 e. The third-order valence-electron chi connectivity index (χ3n) is 2.84. The largest absolute Gasteiger partial charge is 0.439 e. The lowest BCUT2D eigenvalue weighted by Gasteiger charge is -2.10. The fraction of sp³-hybridized carbons (Fsp3) is 0.357. The minimum absolute atomic E-state index is 0.0652. The summed E-state index contributed by atoms with van der Waals surface area (Å²) in [5.41, 5.74) is 7.87. The van der Waals surface area contributed by atoms with Crippen LogP contribution in [0.25, 0.3) is 0 Å². The second-order valence-electron chi connectivity index (χ2n) is 4.73. The minimum Gasteiger partial charge on any atom is -0.439 e. The maximum Gasteiger partial charge on any atom is 0.221 e. The van der Waals surface area contributed by atoms with E-state index in [9.17, 15) is 0 Å². The molecule has 1 heterocycles. The average Bonchev–Trinajstić information content (AvgIpc) is 2.58. The van der Waals surface area contributed by atoms with E-state index in [0.717, 1.165) is 29.3 Å². The highest BCUT2D eigenvalue weighted by molar-refractivity contribution is 6.30. The fourth-order valence-electron chi connectivity index (χ4n) is 1.98. The van der Waals surface area contributed by atoms with Crippen LogP contribution in [0.3, 0.4) is 0 Å². The molecule has 0 aliphatic carbocycles. The summed E-state index contributed by atoms with van der Waals surface area (Å²) in [6.45, 7) is 3.94. The molecule has 0 fully saturated rings. The third-order valence-corrected chi connectivity index (χ3v) is 3.10. The van der Waals surface area contributed by atoms with Crippen LogP contribution < -0.4 is 10.5 Å². The van der Waals surface area contributed by atoms with Crippen LogP contribution in [0.15, 0.2) is 24.3 Å². The lowest BCUT2D eigenvalue weighted by molar-refractivity contribution is 0.424. The van der Waals surface area contributed by atoms with E-state index in [2.05, 4.69) is 5.10 Å². The summed E-state index contributed by atoms with van der Waals surface area (Å²) in [6, 6.07) is 7.33. The highest BCUT2D eigenvalue weighted by atomic mass is 35.5. The molecule has 0 saturated carbocycles. The zero-order valence-corrected chi connectivity index (χ0v) is 12.1. The van der Waals surface area contributed by atoms with Crippen LogP contribution in [0, 0.1) is 6.92 Å². The summed E-state index contributed by atoms with van der Waals surface area (Å²) >= 11 is 5.86. The van der Waals surface area contributed by atoms with Crippen LogP contribution >= 0.6 is 11.6 Å². The predicted molar refractivity (Wildman–Crippen MR) is 76.8 cm³/mol. The standard InChI is InChI=1S/C14H18ClN3O/c1-9(16)8-13-10(2)17-18(3)14(13)19-12-6-4-11(15)5-7-12/h4-7,9H,8,16H2,1-3H3. The van der Waals surface area contributed by atoms with Crippen molar-refractivity contribution in [2.24, 2.45) is 12.8 Å². The highest BCUT2D eigenvalue weighted by Crippen LogP contribution is 2.28. The Balaban J connectivity index is 2.31. The van der Waals surface area contributed by atoms with Gasteiger partial charge < -0.3 is 10.5 Å². The first-order valence-electron chi connectivity index (χ1n) is 6.19. The molecule has 2 N–H and O–H groups in total. The maximum atomic E-state index is 5.90. The van der Waals surface area contributed by atoms with Gasteiger partial charge in [-0.2, -0.15) is 5.10 Å². The van der Waals surface area contributed by atoms with Crippen molar-refractivity contribution in [1.29, 1.82) is 0 Å². The van der Waals surface area contributed by atoms with E-state index >= 15 is 0 Å². The Labute approximate surface area is 118 Å². The Bertz CT molecular complexity index is 561. The number of aromatic nitrogens is 2. The zero-order chi connectivity index (χ0) is 14.0. The molecule has 0 saturated heterocycles. The molecule has 0 bridgehead atoms. The molecule has 102 valence electrons. The van der Waals surface area contributed by atoms with Crippen molar-refractivity contribution in [1.82, 2.24) is 9.78 Å². The van der Waals surface area contributed by atoms with E-state index in [0.29, 0.717) is 5.02 Å². The van der Waals surface area contributed by atoms with Gasteiger partial charge in [-0.3, -0.25) is 0 Å². The lowest BCUT2D eigenvalue weighted by atomic mass is 10.1. The molecular weight excluding hydrogens is 262 g/mol. The van der Waals surface area contributed by atoms with E-state index in [1.54, 1.807) is 16.8 Å². The summed E-state index contributed by atoms with van der Waals surface area (Å²) in [4.78, 5) is 0. The number of halogens is 1. The molecule has 2 aromatic rings. The van der Waals surface area contributed by atoms with Gasteiger partial charge in [0.25, 0.3) is 0 Å². The molecule has 4 nitrogen and oxygen atoms in total. The zero-order valence-electron chi connectivity index (χ0n) is 11.4. The summed E-state index contributed by atoms with van der Waals surface area (Å²) in [6.07, 6.45) is 0.739. The number of hydrogen-bond acceptors (Lipinski definition) is 3. The molecule has 0 spiro atoms. The first kappa shape index (κ1) is 13.9. The van der Waals surface area contributed by atoms with Gasteiger partial charge in [-0.25, -0.2) is 4.68 Å². The van der Waals surface area contributed by atoms with Crippen molar-refractivity contribution in [3.8, 4) is 11.6 Å². The fourth-order valence-corrected chi connectivity index (χ4v) is 2.11. The van der Waals surface area contributed by atoms with Crippen LogP contribution in [0.5, 0.6) is 11.6 Å². The molecule has 19 heavy (non-hydrogen) atoms. The average molecular weight is 280 g/mol. The van der Waals surface area contributed by atoms with Gasteiger partial charge in [-0.1, -0.05) is 11.6 Å². The number of hydrogen-bond donors (Lipinski definition) is 1. The van der Waals surface area contributed by atoms with Gasteiger partial charge in [-0.05, 0) is 44.5 Å². The Morgan fingerprint density at radius 3 is 2.58 bits per heavy atom. The number of nitrogens with two attached hydrogens (primary N) is 1. The Morgan fingerprint density at radius 1 is 1.37 bits per heavy atom. The number of aryl methyl sites for hydroxylation is 2. The van der Waals surface area contributed by atoms with Crippen LogP contribution in [-0.4, -0.2) is 15.8 Å². The topological polar surface area (TPSA) is 53.1 Å². The van der Waals surface area contributed by atoms with Gasteiger partial charge >= 0.3 is 0 Å². The molecule has 1 aromatic carbocycles. The molecule has 1 atom stereocenters. The second kappa shape index (κ2) is 5.63. The molecule has 1 aromatic heterocycles. The molecule has 0 aliphatic heterocycles. The molecule has 1 unspecified atom stereocenters. The Hall–Kier alpha value is -1.52. The summed E-state index contributed by atoms with van der Waals surface area (Å²) in [5, 5.41) is 5.07. The van der Waals surface area contributed by atoms with Crippen molar-refractivity contribution in [2.45, 2.75) is 26.3 Å². The summed E-state index contributed by atoms with van der Waals surface area (Å²) in [7, 11) is 1.86. The van der Waals surface area contributed by atoms with Crippen LogP contribution in [0.1, 0.15) is 18.2 Å². The first-order chi connectivity index (χ1) is 8.97. The Morgan fingerprint density at radius 2 is 2.00 bits per heavy atom. The van der Waals surface area contributed by atoms with E-state index in [1.165, 1.54) is 0 Å². The number of ether oxygens (including phenoxy) is 1. The lowest BCUT2D eigenvalue weighted by Crippen LogP contribution is -2.18. The highest BCUT2D eigenvalue weighted by Gasteiger charge is 2.16. The van der Waals surface area contributed by atoms with E-state index in [-0.39, 0.29) is 6.04 Å². The van der Waals surface area contributed by atoms with Crippen LogP contribution in [-0.2, 0) is 13.5 Å². The Kier molecular flexibility index (Phi) is 4.12. The van der Waals surface area contributed by atoms with E-state index in [1.807, 2.05) is 33.0 Å². The van der Waals surface area contributed by atoms with Crippen LogP contribution in [0.2, 0.25) is 5.02 Å². The molecule has 2 rings (SSSR count). The SMILES string of the molecule is Cc1nn(C)c(Oc2ccc(Cl)cc2)c1CC(C)N. The van der Waals surface area contributed by atoms with Gasteiger partial charge in [0.05, 0.1) is 5.69 Å². The van der Waals surface area contributed by atoms with Crippen molar-refractivity contribution in [2.75, 3.05) is 0 Å². The van der Waals surface area contributed by atoms with Crippen LogP contribution in [0.4, 0.5) is 0 Å². The normalized spacial score (nSPS) is 12.5. The van der Waals surface area contributed by atoms with Gasteiger partial charge in [0, 0.05) is 23.7 Å². The predicted octanol–water partition coefficient (Wildman–Crippen LogP) is 3.06. The number of nitrogens with zero attached hydrogens (tertiary/aromatic N) is 2. The maximum absolute atomic E-state index is 5.90. The number of benzene rings is 1. The third kappa shape index (κ3) is 3.28. The molecule has 0 aliphatic rings. The van der Waals surface area contributed by atoms with Gasteiger partial charge in [-0.15, -0.1) is 0 Å². The van der Waals surface area contributed by atoms with Crippen molar-refractivity contribution >= 4 is 11.6 Å². The number of rotatable bonds is 4.